The van der Waals surface area contributed by atoms with Crippen LogP contribution in [0, 0.1) is 6.92 Å². The number of aromatic nitrogens is 4. The third-order valence-corrected chi connectivity index (χ3v) is 3.32. The van der Waals surface area contributed by atoms with Crippen LogP contribution in [0.4, 0.5) is 0 Å². The van der Waals surface area contributed by atoms with E-state index in [-0.39, 0.29) is 11.9 Å². The van der Waals surface area contributed by atoms with Crippen LogP contribution in [0.3, 0.4) is 0 Å². The van der Waals surface area contributed by atoms with Gasteiger partial charge in [0.1, 0.15) is 0 Å². The van der Waals surface area contributed by atoms with Crippen LogP contribution in [0.1, 0.15) is 22.8 Å². The minimum atomic E-state index is -0.246. The fourth-order valence-electron chi connectivity index (χ4n) is 2.17. The molecule has 1 atom stereocenters. The number of amides is 1. The molecule has 3 heterocycles. The van der Waals surface area contributed by atoms with E-state index in [0.717, 1.165) is 22.8 Å². The fraction of sp³-hybridized carbons (Fsp3) is 0.385. The molecule has 0 saturated carbocycles. The summed E-state index contributed by atoms with van der Waals surface area (Å²) < 4.78 is 0. The second kappa shape index (κ2) is 5.38. The largest absolute Gasteiger partial charge is 0.349 e. The minimum absolute atomic E-state index is 0.0407. The Labute approximate surface area is 116 Å². The van der Waals surface area contributed by atoms with Crippen molar-refractivity contribution in [2.75, 3.05) is 0 Å². The van der Waals surface area contributed by atoms with Gasteiger partial charge in [-0.3, -0.25) is 20.1 Å². The van der Waals surface area contributed by atoms with Crippen LogP contribution < -0.4 is 10.6 Å². The monoisotopic (exact) mass is 272 g/mol. The van der Waals surface area contributed by atoms with E-state index in [1.54, 1.807) is 18.7 Å². The molecular formula is C13H16N6O. The first-order valence-corrected chi connectivity index (χ1v) is 6.52. The van der Waals surface area contributed by atoms with Crippen molar-refractivity contribution in [2.45, 2.75) is 32.5 Å². The number of carbonyl (C=O) groups excluding carboxylic acids is 1. The molecule has 0 spiro atoms. The number of H-pyrrole nitrogens is 1. The number of carbonyl (C=O) groups is 1. The summed E-state index contributed by atoms with van der Waals surface area (Å²) in [6.07, 6.45) is 5.63. The molecule has 1 amide bonds. The molecule has 0 bridgehead atoms. The number of fused-ring (bicyclic) bond motifs is 1. The summed E-state index contributed by atoms with van der Waals surface area (Å²) >= 11 is 0. The summed E-state index contributed by atoms with van der Waals surface area (Å²) in [4.78, 5) is 27.7. The maximum atomic E-state index is 12.1. The maximum Gasteiger partial charge on any atom is 0.237 e. The molecule has 1 unspecified atom stereocenters. The van der Waals surface area contributed by atoms with Gasteiger partial charge in [0.05, 0.1) is 47.9 Å². The molecule has 7 nitrogen and oxygen atoms in total. The SMILES string of the molecule is Cc1cnc(CNC(=O)C2Cc3nc[nH]c3CN2)cn1. The van der Waals surface area contributed by atoms with E-state index in [1.807, 2.05) is 6.92 Å². The predicted molar refractivity (Wildman–Crippen MR) is 71.5 cm³/mol. The van der Waals surface area contributed by atoms with E-state index >= 15 is 0 Å². The van der Waals surface area contributed by atoms with Gasteiger partial charge in [0.25, 0.3) is 0 Å². The standard InChI is InChI=1S/C13H16N6O/c1-8-3-15-9(4-14-8)5-17-13(20)11-2-10-12(6-16-11)19-7-18-10/h3-4,7,11,16H,2,5-6H2,1H3,(H,17,20)(H,18,19). The highest BCUT2D eigenvalue weighted by Crippen LogP contribution is 2.12. The third-order valence-electron chi connectivity index (χ3n) is 3.32. The first kappa shape index (κ1) is 12.7. The van der Waals surface area contributed by atoms with Crippen LogP contribution in [0.2, 0.25) is 0 Å². The van der Waals surface area contributed by atoms with Gasteiger partial charge in [0.2, 0.25) is 5.91 Å². The highest BCUT2D eigenvalue weighted by Gasteiger charge is 2.25. The molecular weight excluding hydrogens is 256 g/mol. The highest BCUT2D eigenvalue weighted by atomic mass is 16.2. The summed E-state index contributed by atoms with van der Waals surface area (Å²) in [5.41, 5.74) is 3.62. The van der Waals surface area contributed by atoms with Gasteiger partial charge in [-0.15, -0.1) is 0 Å². The van der Waals surface area contributed by atoms with Gasteiger partial charge >= 0.3 is 0 Å². The lowest BCUT2D eigenvalue weighted by Gasteiger charge is -2.22. The van der Waals surface area contributed by atoms with Crippen molar-refractivity contribution >= 4 is 5.91 Å². The molecule has 7 heteroatoms. The first-order valence-electron chi connectivity index (χ1n) is 6.52. The molecule has 0 aromatic carbocycles. The summed E-state index contributed by atoms with van der Waals surface area (Å²) in [5.74, 6) is -0.0407. The number of rotatable bonds is 3. The van der Waals surface area contributed by atoms with Crippen molar-refractivity contribution < 1.29 is 4.79 Å². The number of nitrogens with one attached hydrogen (secondary N) is 3. The molecule has 104 valence electrons. The van der Waals surface area contributed by atoms with Crippen LogP contribution in [0.15, 0.2) is 18.7 Å². The van der Waals surface area contributed by atoms with Gasteiger partial charge in [-0.1, -0.05) is 0 Å². The molecule has 0 radical (unpaired) electrons. The Bertz CT molecular complexity index is 606. The molecule has 0 fully saturated rings. The molecule has 2 aromatic rings. The van der Waals surface area contributed by atoms with E-state index in [1.165, 1.54) is 0 Å². The van der Waals surface area contributed by atoms with Crippen molar-refractivity contribution in [3.05, 3.63) is 41.5 Å². The number of aryl methyl sites for hydroxylation is 1. The maximum absolute atomic E-state index is 12.1. The van der Waals surface area contributed by atoms with Crippen molar-refractivity contribution in [3.63, 3.8) is 0 Å². The molecule has 1 aliphatic heterocycles. The zero-order valence-corrected chi connectivity index (χ0v) is 11.2. The predicted octanol–water partition coefficient (Wildman–Crippen LogP) is -0.161. The first-order chi connectivity index (χ1) is 9.72. The van der Waals surface area contributed by atoms with E-state index < -0.39 is 0 Å². The Morgan fingerprint density at radius 1 is 1.40 bits per heavy atom. The van der Waals surface area contributed by atoms with E-state index in [9.17, 15) is 4.79 Å². The number of hydrogen-bond donors (Lipinski definition) is 3. The summed E-state index contributed by atoms with van der Waals surface area (Å²) in [6, 6.07) is -0.246. The molecule has 1 aliphatic rings. The Morgan fingerprint density at radius 2 is 2.30 bits per heavy atom. The van der Waals surface area contributed by atoms with E-state index in [0.29, 0.717) is 19.5 Å². The normalized spacial score (nSPS) is 17.6. The van der Waals surface area contributed by atoms with Crippen LogP contribution in [0.5, 0.6) is 0 Å². The highest BCUT2D eigenvalue weighted by molar-refractivity contribution is 5.82. The Hall–Kier alpha value is -2.28. The summed E-state index contributed by atoms with van der Waals surface area (Å²) in [6.45, 7) is 2.90. The van der Waals surface area contributed by atoms with Crippen molar-refractivity contribution in [3.8, 4) is 0 Å². The van der Waals surface area contributed by atoms with Crippen molar-refractivity contribution in [1.82, 2.24) is 30.6 Å². The van der Waals surface area contributed by atoms with Crippen molar-refractivity contribution in [1.29, 1.82) is 0 Å². The molecule has 2 aromatic heterocycles. The lowest BCUT2D eigenvalue weighted by Crippen LogP contribution is -2.47. The van der Waals surface area contributed by atoms with Gasteiger partial charge in [-0.05, 0) is 6.92 Å². The lowest BCUT2D eigenvalue weighted by atomic mass is 10.0. The topological polar surface area (TPSA) is 95.6 Å². The molecule has 20 heavy (non-hydrogen) atoms. The average molecular weight is 272 g/mol. The molecule has 0 aliphatic carbocycles. The van der Waals surface area contributed by atoms with Crippen LogP contribution >= 0.6 is 0 Å². The number of imidazole rings is 1. The number of aromatic amines is 1. The zero-order valence-electron chi connectivity index (χ0n) is 11.2. The molecule has 3 rings (SSSR count). The van der Waals surface area contributed by atoms with Gasteiger partial charge in [-0.2, -0.15) is 0 Å². The van der Waals surface area contributed by atoms with Crippen LogP contribution in [-0.2, 0) is 24.3 Å². The molecule has 3 N–H and O–H groups in total. The van der Waals surface area contributed by atoms with Crippen LogP contribution in [0.25, 0.3) is 0 Å². The number of hydrogen-bond acceptors (Lipinski definition) is 5. The number of nitrogens with zero attached hydrogens (tertiary/aromatic N) is 3. The fourth-order valence-corrected chi connectivity index (χ4v) is 2.17. The smallest absolute Gasteiger partial charge is 0.237 e. The van der Waals surface area contributed by atoms with E-state index in [2.05, 4.69) is 30.6 Å². The van der Waals surface area contributed by atoms with Gasteiger partial charge in [0.15, 0.2) is 0 Å². The van der Waals surface area contributed by atoms with Gasteiger partial charge in [0, 0.05) is 19.2 Å². The lowest BCUT2D eigenvalue weighted by molar-refractivity contribution is -0.123. The van der Waals surface area contributed by atoms with Crippen molar-refractivity contribution in [2.24, 2.45) is 0 Å². The zero-order chi connectivity index (χ0) is 13.9. The average Bonchev–Trinajstić information content (AvgIpc) is 2.93. The Morgan fingerprint density at radius 3 is 3.10 bits per heavy atom. The second-order valence-corrected chi connectivity index (χ2v) is 4.83. The van der Waals surface area contributed by atoms with E-state index in [4.69, 9.17) is 0 Å². The summed E-state index contributed by atoms with van der Waals surface area (Å²) in [5, 5.41) is 6.06. The second-order valence-electron chi connectivity index (χ2n) is 4.83. The third kappa shape index (κ3) is 2.67. The summed E-state index contributed by atoms with van der Waals surface area (Å²) in [7, 11) is 0. The Kier molecular flexibility index (Phi) is 3.42. The molecule has 0 saturated heterocycles. The van der Waals surface area contributed by atoms with Gasteiger partial charge < -0.3 is 10.3 Å². The van der Waals surface area contributed by atoms with Gasteiger partial charge in [-0.25, -0.2) is 4.98 Å². The quantitative estimate of drug-likeness (QED) is 0.721. The Balaban J connectivity index is 1.56. The minimum Gasteiger partial charge on any atom is -0.349 e. The van der Waals surface area contributed by atoms with Crippen LogP contribution in [-0.4, -0.2) is 31.9 Å².